The highest BCUT2D eigenvalue weighted by Gasteiger charge is 2.29. The van der Waals surface area contributed by atoms with Crippen molar-refractivity contribution < 1.29 is 14.3 Å². The van der Waals surface area contributed by atoms with Crippen LogP contribution in [0.5, 0.6) is 0 Å². The van der Waals surface area contributed by atoms with E-state index in [2.05, 4.69) is 5.32 Å². The number of esters is 1. The Kier molecular flexibility index (Phi) is 5.74. The zero-order chi connectivity index (χ0) is 16.7. The number of carbonyl (C=O) groups excluding carboxylic acids is 2. The van der Waals surface area contributed by atoms with E-state index in [1.165, 1.54) is 6.20 Å². The van der Waals surface area contributed by atoms with Crippen LogP contribution in [0, 0.1) is 0 Å². The third-order valence-electron chi connectivity index (χ3n) is 3.46. The van der Waals surface area contributed by atoms with Gasteiger partial charge in [0, 0.05) is 12.0 Å². The largest absolute Gasteiger partial charge is 0.464 e. The highest BCUT2D eigenvalue weighted by molar-refractivity contribution is 6.06. The van der Waals surface area contributed by atoms with Crippen LogP contribution in [0.15, 0.2) is 60.3 Å². The first-order valence-electron chi connectivity index (χ1n) is 7.45. The Morgan fingerprint density at radius 1 is 1.30 bits per heavy atom. The number of cyclic esters (lactones) is 1. The molecule has 5 nitrogen and oxygen atoms in total. The van der Waals surface area contributed by atoms with Crippen molar-refractivity contribution >= 4 is 17.4 Å². The first-order valence-corrected chi connectivity index (χ1v) is 7.45. The minimum atomic E-state index is -0.596. The van der Waals surface area contributed by atoms with Gasteiger partial charge in [0.25, 0.3) is 5.91 Å². The van der Waals surface area contributed by atoms with E-state index >= 15 is 0 Å². The van der Waals surface area contributed by atoms with Crippen LogP contribution < -0.4 is 11.1 Å². The molecule has 1 aromatic rings. The molecule has 2 rings (SSSR count). The average Bonchev–Trinajstić information content (AvgIpc) is 2.96. The highest BCUT2D eigenvalue weighted by atomic mass is 16.5. The van der Waals surface area contributed by atoms with Gasteiger partial charge in [-0.1, -0.05) is 42.5 Å². The standard InChI is InChI=1S/C18H20N2O3/c1-2-6-15(17(21)20-16-10-12-23-18(16)22)14(9-11-19)13-7-4-3-5-8-13/h2-9,11,16H,10,12,19H2,1H3,(H,20,21)/b6-2-,11-9+,15-14-/t16-/m0/s1. The summed E-state index contributed by atoms with van der Waals surface area (Å²) in [5.74, 6) is -0.724. The van der Waals surface area contributed by atoms with Crippen molar-refractivity contribution in [3.05, 3.63) is 65.9 Å². The third-order valence-corrected chi connectivity index (χ3v) is 3.46. The van der Waals surface area contributed by atoms with Crippen LogP contribution in [0.3, 0.4) is 0 Å². The lowest BCUT2D eigenvalue weighted by atomic mass is 9.98. The van der Waals surface area contributed by atoms with Gasteiger partial charge in [-0.25, -0.2) is 4.79 Å². The van der Waals surface area contributed by atoms with Crippen molar-refractivity contribution in [3.8, 4) is 0 Å². The van der Waals surface area contributed by atoms with Gasteiger partial charge >= 0.3 is 5.97 Å². The number of nitrogens with one attached hydrogen (secondary N) is 1. The molecule has 0 aromatic heterocycles. The third kappa shape index (κ3) is 4.10. The number of benzene rings is 1. The maximum absolute atomic E-state index is 12.6. The summed E-state index contributed by atoms with van der Waals surface area (Å²) in [7, 11) is 0. The molecular weight excluding hydrogens is 292 g/mol. The maximum Gasteiger partial charge on any atom is 0.328 e. The zero-order valence-electron chi connectivity index (χ0n) is 13.0. The fourth-order valence-electron chi connectivity index (χ4n) is 2.37. The van der Waals surface area contributed by atoms with Gasteiger partial charge in [0.1, 0.15) is 6.04 Å². The monoisotopic (exact) mass is 312 g/mol. The number of hydrogen-bond donors (Lipinski definition) is 2. The van der Waals surface area contributed by atoms with Crippen molar-refractivity contribution in [1.82, 2.24) is 5.32 Å². The molecule has 23 heavy (non-hydrogen) atoms. The van der Waals surface area contributed by atoms with E-state index in [9.17, 15) is 9.59 Å². The molecule has 1 aliphatic rings. The summed E-state index contributed by atoms with van der Waals surface area (Å²) < 4.78 is 4.88. The van der Waals surface area contributed by atoms with Gasteiger partial charge in [0.05, 0.1) is 6.61 Å². The van der Waals surface area contributed by atoms with Crippen LogP contribution in [0.25, 0.3) is 5.57 Å². The molecule has 1 atom stereocenters. The number of ether oxygens (including phenoxy) is 1. The SMILES string of the molecule is C\C=C/C(C(=O)N[C@H]1CCOC1=O)=C(\C=C\N)c1ccccc1. The Bertz CT molecular complexity index is 660. The lowest BCUT2D eigenvalue weighted by molar-refractivity contribution is -0.141. The molecule has 0 radical (unpaired) electrons. The van der Waals surface area contributed by atoms with Crippen LogP contribution in [0.4, 0.5) is 0 Å². The smallest absolute Gasteiger partial charge is 0.328 e. The van der Waals surface area contributed by atoms with Crippen molar-refractivity contribution in [2.75, 3.05) is 6.61 Å². The summed E-state index contributed by atoms with van der Waals surface area (Å²) in [6.45, 7) is 2.16. The minimum Gasteiger partial charge on any atom is -0.464 e. The van der Waals surface area contributed by atoms with Crippen molar-refractivity contribution in [3.63, 3.8) is 0 Å². The van der Waals surface area contributed by atoms with E-state index in [0.717, 1.165) is 5.56 Å². The second-order valence-electron chi connectivity index (χ2n) is 5.03. The Morgan fingerprint density at radius 3 is 2.61 bits per heavy atom. The average molecular weight is 312 g/mol. The summed E-state index contributed by atoms with van der Waals surface area (Å²) in [6.07, 6.45) is 7.04. The number of amides is 1. The summed E-state index contributed by atoms with van der Waals surface area (Å²) in [5, 5.41) is 2.72. The number of carbonyl (C=O) groups is 2. The van der Waals surface area contributed by atoms with Gasteiger partial charge in [-0.15, -0.1) is 0 Å². The predicted octanol–water partition coefficient (Wildman–Crippen LogP) is 1.92. The molecule has 3 N–H and O–H groups in total. The van der Waals surface area contributed by atoms with E-state index < -0.39 is 12.0 Å². The van der Waals surface area contributed by atoms with Gasteiger partial charge in [-0.2, -0.15) is 0 Å². The van der Waals surface area contributed by atoms with Crippen LogP contribution in [-0.2, 0) is 14.3 Å². The lowest BCUT2D eigenvalue weighted by Gasteiger charge is -2.13. The summed E-state index contributed by atoms with van der Waals surface area (Å²) in [5.41, 5.74) is 7.54. The Balaban J connectivity index is 2.39. The molecule has 1 saturated heterocycles. The number of hydrogen-bond acceptors (Lipinski definition) is 4. The second-order valence-corrected chi connectivity index (χ2v) is 5.03. The molecular formula is C18H20N2O3. The Hall–Kier alpha value is -2.82. The fraction of sp³-hybridized carbons (Fsp3) is 0.222. The molecule has 120 valence electrons. The topological polar surface area (TPSA) is 81.4 Å². The van der Waals surface area contributed by atoms with Gasteiger partial charge in [-0.05, 0) is 30.3 Å². The highest BCUT2D eigenvalue weighted by Crippen LogP contribution is 2.22. The molecule has 1 aliphatic heterocycles. The number of nitrogens with two attached hydrogens (primary N) is 1. The van der Waals surface area contributed by atoms with E-state index in [1.54, 1.807) is 18.2 Å². The van der Waals surface area contributed by atoms with Gasteiger partial charge in [0.2, 0.25) is 0 Å². The minimum absolute atomic E-state index is 0.330. The molecule has 0 saturated carbocycles. The normalized spacial score (nSPS) is 19.0. The second kappa shape index (κ2) is 7.98. The summed E-state index contributed by atoms with van der Waals surface area (Å²) >= 11 is 0. The van der Waals surface area contributed by atoms with Crippen molar-refractivity contribution in [2.45, 2.75) is 19.4 Å². The molecule has 1 amide bonds. The fourth-order valence-corrected chi connectivity index (χ4v) is 2.37. The van der Waals surface area contributed by atoms with E-state index in [0.29, 0.717) is 24.2 Å². The van der Waals surface area contributed by atoms with Crippen LogP contribution >= 0.6 is 0 Å². The first-order chi connectivity index (χ1) is 11.2. The van der Waals surface area contributed by atoms with Crippen LogP contribution in [-0.4, -0.2) is 24.5 Å². The Labute approximate surface area is 135 Å². The quantitative estimate of drug-likeness (QED) is 0.494. The van der Waals surface area contributed by atoms with Crippen molar-refractivity contribution in [2.24, 2.45) is 5.73 Å². The zero-order valence-corrected chi connectivity index (χ0v) is 13.0. The molecule has 0 unspecified atom stereocenters. The summed E-state index contributed by atoms with van der Waals surface area (Å²) in [4.78, 5) is 24.2. The number of allylic oxidation sites excluding steroid dienone is 3. The molecule has 1 aromatic carbocycles. The van der Waals surface area contributed by atoms with E-state index in [4.69, 9.17) is 10.5 Å². The van der Waals surface area contributed by atoms with E-state index in [-0.39, 0.29) is 5.91 Å². The number of rotatable bonds is 5. The van der Waals surface area contributed by atoms with Gasteiger partial charge in [0.15, 0.2) is 0 Å². The van der Waals surface area contributed by atoms with Crippen LogP contribution in [0.2, 0.25) is 0 Å². The molecule has 1 heterocycles. The molecule has 0 bridgehead atoms. The van der Waals surface area contributed by atoms with Gasteiger partial charge < -0.3 is 15.8 Å². The molecule has 5 heteroatoms. The maximum atomic E-state index is 12.6. The van der Waals surface area contributed by atoms with Crippen LogP contribution in [0.1, 0.15) is 18.9 Å². The molecule has 0 aliphatic carbocycles. The van der Waals surface area contributed by atoms with Crippen molar-refractivity contribution in [1.29, 1.82) is 0 Å². The first kappa shape index (κ1) is 16.5. The molecule has 1 fully saturated rings. The summed E-state index contributed by atoms with van der Waals surface area (Å²) in [6, 6.07) is 8.88. The van der Waals surface area contributed by atoms with E-state index in [1.807, 2.05) is 37.3 Å². The lowest BCUT2D eigenvalue weighted by Crippen LogP contribution is -2.38. The van der Waals surface area contributed by atoms with Gasteiger partial charge in [-0.3, -0.25) is 4.79 Å². The molecule has 0 spiro atoms. The predicted molar refractivity (Wildman–Crippen MR) is 89.0 cm³/mol. The Morgan fingerprint density at radius 2 is 2.04 bits per heavy atom.